The van der Waals surface area contributed by atoms with Crippen LogP contribution in [-0.2, 0) is 11.3 Å². The summed E-state index contributed by atoms with van der Waals surface area (Å²) in [6.07, 6.45) is 0.393. The van der Waals surface area contributed by atoms with E-state index in [-0.39, 0.29) is 17.5 Å². The number of anilines is 1. The van der Waals surface area contributed by atoms with Crippen molar-refractivity contribution in [3.05, 3.63) is 70.3 Å². The molecule has 140 valence electrons. The van der Waals surface area contributed by atoms with Crippen LogP contribution >= 0.6 is 0 Å². The van der Waals surface area contributed by atoms with Gasteiger partial charge < -0.3 is 15.5 Å². The van der Waals surface area contributed by atoms with Crippen LogP contribution in [0.3, 0.4) is 0 Å². The van der Waals surface area contributed by atoms with Crippen molar-refractivity contribution >= 4 is 23.3 Å². The highest BCUT2D eigenvalue weighted by Crippen LogP contribution is 2.20. The number of hydrogen-bond donors (Lipinski definition) is 2. The van der Waals surface area contributed by atoms with Gasteiger partial charge in [-0.2, -0.15) is 0 Å². The minimum absolute atomic E-state index is 0.0390. The summed E-state index contributed by atoms with van der Waals surface area (Å²) in [6, 6.07) is 15.0. The Morgan fingerprint density at radius 3 is 2.70 bits per heavy atom. The second kappa shape index (κ2) is 8.31. The molecule has 1 saturated heterocycles. The van der Waals surface area contributed by atoms with Gasteiger partial charge in [0.2, 0.25) is 5.91 Å². The van der Waals surface area contributed by atoms with Gasteiger partial charge in [0.15, 0.2) is 0 Å². The third-order valence-electron chi connectivity index (χ3n) is 4.38. The molecule has 1 heterocycles. The van der Waals surface area contributed by atoms with E-state index in [9.17, 15) is 19.7 Å². The maximum Gasteiger partial charge on any atom is 0.319 e. The summed E-state index contributed by atoms with van der Waals surface area (Å²) < 4.78 is 0. The summed E-state index contributed by atoms with van der Waals surface area (Å²) in [5.41, 5.74) is 1.32. The van der Waals surface area contributed by atoms with Gasteiger partial charge in [0.25, 0.3) is 5.69 Å². The fourth-order valence-electron chi connectivity index (χ4n) is 3.06. The SMILES string of the molecule is O=C(NCC1CC(=O)N(Cc2ccccc2)C1)Nc1cccc([N+](=O)[O-])c1. The second-order valence-corrected chi connectivity index (χ2v) is 6.47. The van der Waals surface area contributed by atoms with E-state index >= 15 is 0 Å². The Morgan fingerprint density at radius 1 is 1.19 bits per heavy atom. The molecule has 2 N–H and O–H groups in total. The summed E-state index contributed by atoms with van der Waals surface area (Å²) in [6.45, 7) is 1.51. The van der Waals surface area contributed by atoms with Crippen molar-refractivity contribution in [2.45, 2.75) is 13.0 Å². The molecule has 8 heteroatoms. The lowest BCUT2D eigenvalue weighted by Crippen LogP contribution is -2.34. The molecule has 0 aliphatic carbocycles. The van der Waals surface area contributed by atoms with Crippen molar-refractivity contribution in [1.29, 1.82) is 0 Å². The lowest BCUT2D eigenvalue weighted by molar-refractivity contribution is -0.384. The maximum atomic E-state index is 12.2. The van der Waals surface area contributed by atoms with Crippen molar-refractivity contribution in [3.8, 4) is 0 Å². The number of likely N-dealkylation sites (tertiary alicyclic amines) is 1. The summed E-state index contributed by atoms with van der Waals surface area (Å²) in [5, 5.41) is 16.1. The lowest BCUT2D eigenvalue weighted by atomic mass is 10.1. The third kappa shape index (κ3) is 5.04. The maximum absolute atomic E-state index is 12.2. The molecule has 0 bridgehead atoms. The zero-order valence-corrected chi connectivity index (χ0v) is 14.6. The standard InChI is InChI=1S/C19H20N4O4/c24-18-9-15(13-22(18)12-14-5-2-1-3-6-14)11-20-19(25)21-16-7-4-8-17(10-16)23(26)27/h1-8,10,15H,9,11-13H2,(H2,20,21,25). The molecule has 2 aromatic carbocycles. The smallest absolute Gasteiger partial charge is 0.319 e. The quantitative estimate of drug-likeness (QED) is 0.604. The first-order valence-corrected chi connectivity index (χ1v) is 8.62. The van der Waals surface area contributed by atoms with Crippen molar-refractivity contribution in [1.82, 2.24) is 10.2 Å². The Kier molecular flexibility index (Phi) is 5.65. The highest BCUT2D eigenvalue weighted by Gasteiger charge is 2.29. The predicted octanol–water partition coefficient (Wildman–Crippen LogP) is 2.77. The number of non-ortho nitro benzene ring substituents is 1. The number of nitro groups is 1. The zero-order chi connectivity index (χ0) is 19.2. The van der Waals surface area contributed by atoms with E-state index in [1.165, 1.54) is 18.2 Å². The van der Waals surface area contributed by atoms with Crippen molar-refractivity contribution in [2.75, 3.05) is 18.4 Å². The Hall–Kier alpha value is -3.42. The van der Waals surface area contributed by atoms with Crippen LogP contribution in [0, 0.1) is 16.0 Å². The fourth-order valence-corrected chi connectivity index (χ4v) is 3.06. The molecule has 27 heavy (non-hydrogen) atoms. The number of nitro benzene ring substituents is 1. The minimum Gasteiger partial charge on any atom is -0.338 e. The summed E-state index contributed by atoms with van der Waals surface area (Å²) in [4.78, 5) is 36.2. The highest BCUT2D eigenvalue weighted by atomic mass is 16.6. The predicted molar refractivity (Wildman–Crippen MR) is 100 cm³/mol. The van der Waals surface area contributed by atoms with Crippen molar-refractivity contribution in [3.63, 3.8) is 0 Å². The number of carbonyl (C=O) groups is 2. The van der Waals surface area contributed by atoms with Crippen LogP contribution in [0.2, 0.25) is 0 Å². The van der Waals surface area contributed by atoms with Crippen LogP contribution in [0.1, 0.15) is 12.0 Å². The van der Waals surface area contributed by atoms with Crippen molar-refractivity contribution < 1.29 is 14.5 Å². The Bertz CT molecular complexity index is 841. The number of amides is 3. The van der Waals surface area contributed by atoms with Crippen LogP contribution in [0.4, 0.5) is 16.2 Å². The van der Waals surface area contributed by atoms with Gasteiger partial charge in [-0.05, 0) is 11.6 Å². The van der Waals surface area contributed by atoms with Gasteiger partial charge in [-0.25, -0.2) is 4.79 Å². The average molecular weight is 368 g/mol. The van der Waals surface area contributed by atoms with Gasteiger partial charge in [0.05, 0.1) is 4.92 Å². The first-order chi connectivity index (χ1) is 13.0. The molecule has 1 atom stereocenters. The van der Waals surface area contributed by atoms with E-state index in [4.69, 9.17) is 0 Å². The monoisotopic (exact) mass is 368 g/mol. The van der Waals surface area contributed by atoms with Gasteiger partial charge in [-0.15, -0.1) is 0 Å². The van der Waals surface area contributed by atoms with Crippen LogP contribution in [-0.4, -0.2) is 34.9 Å². The number of hydrogen-bond acceptors (Lipinski definition) is 4. The number of nitrogens with one attached hydrogen (secondary N) is 2. The molecule has 1 fully saturated rings. The van der Waals surface area contributed by atoms with E-state index in [0.29, 0.717) is 31.7 Å². The number of carbonyl (C=O) groups excluding carboxylic acids is 2. The van der Waals surface area contributed by atoms with Gasteiger partial charge in [-0.1, -0.05) is 36.4 Å². The molecule has 0 saturated carbocycles. The molecule has 1 unspecified atom stereocenters. The van der Waals surface area contributed by atoms with E-state index in [0.717, 1.165) is 5.56 Å². The topological polar surface area (TPSA) is 105 Å². The molecule has 3 rings (SSSR count). The van der Waals surface area contributed by atoms with E-state index in [1.54, 1.807) is 11.0 Å². The van der Waals surface area contributed by atoms with E-state index in [1.807, 2.05) is 30.3 Å². The summed E-state index contributed by atoms with van der Waals surface area (Å²) >= 11 is 0. The van der Waals surface area contributed by atoms with Crippen LogP contribution in [0.15, 0.2) is 54.6 Å². The van der Waals surface area contributed by atoms with Crippen LogP contribution in [0.5, 0.6) is 0 Å². The highest BCUT2D eigenvalue weighted by molar-refractivity contribution is 5.89. The van der Waals surface area contributed by atoms with Gasteiger partial charge in [0.1, 0.15) is 0 Å². The molecule has 0 radical (unpaired) electrons. The van der Waals surface area contributed by atoms with Crippen LogP contribution in [0.25, 0.3) is 0 Å². The molecule has 2 aromatic rings. The second-order valence-electron chi connectivity index (χ2n) is 6.47. The molecule has 1 aliphatic rings. The average Bonchev–Trinajstić information content (AvgIpc) is 3.00. The number of benzene rings is 2. The largest absolute Gasteiger partial charge is 0.338 e. The molecule has 0 spiro atoms. The molecule has 0 aromatic heterocycles. The molecule has 8 nitrogen and oxygen atoms in total. The Balaban J connectivity index is 1.47. The number of rotatable bonds is 6. The summed E-state index contributed by atoms with van der Waals surface area (Å²) in [7, 11) is 0. The minimum atomic E-state index is -0.519. The Morgan fingerprint density at radius 2 is 1.96 bits per heavy atom. The van der Waals surface area contributed by atoms with Crippen LogP contribution < -0.4 is 10.6 Å². The van der Waals surface area contributed by atoms with E-state index in [2.05, 4.69) is 10.6 Å². The normalized spacial score (nSPS) is 16.2. The number of nitrogens with zero attached hydrogens (tertiary/aromatic N) is 2. The zero-order valence-electron chi connectivity index (χ0n) is 14.6. The third-order valence-corrected chi connectivity index (χ3v) is 4.38. The van der Waals surface area contributed by atoms with Gasteiger partial charge in [-0.3, -0.25) is 14.9 Å². The first kappa shape index (κ1) is 18.4. The first-order valence-electron chi connectivity index (χ1n) is 8.62. The molecule has 3 amide bonds. The molecular weight excluding hydrogens is 348 g/mol. The van der Waals surface area contributed by atoms with E-state index < -0.39 is 11.0 Å². The van der Waals surface area contributed by atoms with Crippen molar-refractivity contribution in [2.24, 2.45) is 5.92 Å². The fraction of sp³-hybridized carbons (Fsp3) is 0.263. The Labute approximate surface area is 156 Å². The molecule has 1 aliphatic heterocycles. The lowest BCUT2D eigenvalue weighted by Gasteiger charge is -2.17. The molecular formula is C19H20N4O4. The van der Waals surface area contributed by atoms with Gasteiger partial charge >= 0.3 is 6.03 Å². The summed E-state index contributed by atoms with van der Waals surface area (Å²) in [5.74, 6) is 0.113. The van der Waals surface area contributed by atoms with Gasteiger partial charge in [0, 0.05) is 49.8 Å². The number of urea groups is 1.